The summed E-state index contributed by atoms with van der Waals surface area (Å²) < 4.78 is 0. The molecule has 2 unspecified atom stereocenters. The van der Waals surface area contributed by atoms with Crippen molar-refractivity contribution < 1.29 is 5.11 Å². The molecular weight excluding hydrogens is 116 g/mol. The highest BCUT2D eigenvalue weighted by molar-refractivity contribution is 4.87. The Morgan fingerprint density at radius 2 is 2.11 bits per heavy atom. The van der Waals surface area contributed by atoms with Crippen LogP contribution in [0.15, 0.2) is 0 Å². The van der Waals surface area contributed by atoms with E-state index in [2.05, 4.69) is 0 Å². The Bertz CT molecular complexity index is 103. The zero-order valence-corrected chi connectivity index (χ0v) is 5.51. The van der Waals surface area contributed by atoms with Gasteiger partial charge in [0.1, 0.15) is 5.72 Å². The maximum atomic E-state index is 9.30. The quantitative estimate of drug-likeness (QED) is 0.388. The first-order chi connectivity index (χ1) is 4.13. The molecule has 0 spiro atoms. The predicted molar refractivity (Wildman–Crippen MR) is 35.6 cm³/mol. The minimum atomic E-state index is -1.09. The highest BCUT2D eigenvalue weighted by atomic mass is 16.3. The fourth-order valence-electron chi connectivity index (χ4n) is 1.21. The third-order valence-corrected chi connectivity index (χ3v) is 1.98. The van der Waals surface area contributed by atoms with Crippen molar-refractivity contribution in [3.8, 4) is 0 Å². The van der Waals surface area contributed by atoms with Crippen molar-refractivity contribution in [1.82, 2.24) is 0 Å². The smallest absolute Gasteiger partial charge is 0.128 e. The van der Waals surface area contributed by atoms with Gasteiger partial charge in [-0.25, -0.2) is 0 Å². The van der Waals surface area contributed by atoms with Gasteiger partial charge in [-0.05, 0) is 19.3 Å². The molecular formula is C6H14N2O. The van der Waals surface area contributed by atoms with Crippen molar-refractivity contribution in [3.05, 3.63) is 0 Å². The third kappa shape index (κ3) is 1.41. The van der Waals surface area contributed by atoms with Crippen LogP contribution in [0.25, 0.3) is 0 Å². The zero-order valence-electron chi connectivity index (χ0n) is 5.51. The lowest BCUT2D eigenvalue weighted by Crippen LogP contribution is -2.56. The van der Waals surface area contributed by atoms with Gasteiger partial charge >= 0.3 is 0 Å². The fourth-order valence-corrected chi connectivity index (χ4v) is 1.21. The van der Waals surface area contributed by atoms with Crippen LogP contribution >= 0.6 is 0 Å². The molecule has 0 radical (unpaired) electrons. The lowest BCUT2D eigenvalue weighted by molar-refractivity contribution is -0.00820. The van der Waals surface area contributed by atoms with Gasteiger partial charge in [0.2, 0.25) is 0 Å². The molecule has 3 heteroatoms. The minimum absolute atomic E-state index is 0.216. The summed E-state index contributed by atoms with van der Waals surface area (Å²) in [5.41, 5.74) is 9.90. The number of rotatable bonds is 0. The molecule has 1 fully saturated rings. The Hall–Kier alpha value is -0.120. The van der Waals surface area contributed by atoms with Crippen LogP contribution in [-0.2, 0) is 0 Å². The van der Waals surface area contributed by atoms with E-state index in [9.17, 15) is 5.11 Å². The van der Waals surface area contributed by atoms with E-state index < -0.39 is 5.72 Å². The predicted octanol–water partition coefficient (Wildman–Crippen LogP) is -0.465. The van der Waals surface area contributed by atoms with E-state index in [0.717, 1.165) is 19.3 Å². The topological polar surface area (TPSA) is 72.3 Å². The second-order valence-corrected chi connectivity index (χ2v) is 2.84. The second kappa shape index (κ2) is 2.25. The molecule has 0 aliphatic heterocycles. The highest BCUT2D eigenvalue weighted by Gasteiger charge is 2.31. The van der Waals surface area contributed by atoms with Gasteiger partial charge in [-0.1, -0.05) is 6.42 Å². The Kier molecular flexibility index (Phi) is 1.75. The van der Waals surface area contributed by atoms with Crippen LogP contribution in [0.1, 0.15) is 25.7 Å². The fraction of sp³-hybridized carbons (Fsp3) is 1.00. The first kappa shape index (κ1) is 6.99. The van der Waals surface area contributed by atoms with Gasteiger partial charge < -0.3 is 16.6 Å². The maximum absolute atomic E-state index is 9.30. The standard InChI is InChI=1S/C6H14N2O/c7-5-3-1-2-4-6(5,8)9/h5,9H,1-4,7-8H2. The summed E-state index contributed by atoms with van der Waals surface area (Å²) >= 11 is 0. The van der Waals surface area contributed by atoms with Crippen molar-refractivity contribution in [2.45, 2.75) is 37.5 Å². The molecule has 0 aromatic rings. The van der Waals surface area contributed by atoms with E-state index in [1.54, 1.807) is 0 Å². The van der Waals surface area contributed by atoms with Gasteiger partial charge in [-0.2, -0.15) is 0 Å². The molecule has 0 aromatic carbocycles. The number of hydrogen-bond donors (Lipinski definition) is 3. The molecule has 1 aliphatic rings. The van der Waals surface area contributed by atoms with Gasteiger partial charge in [-0.15, -0.1) is 0 Å². The Morgan fingerprint density at radius 1 is 1.44 bits per heavy atom. The minimum Gasteiger partial charge on any atom is -0.374 e. The van der Waals surface area contributed by atoms with Gasteiger partial charge in [0.15, 0.2) is 0 Å². The second-order valence-electron chi connectivity index (χ2n) is 2.84. The molecule has 1 rings (SSSR count). The highest BCUT2D eigenvalue weighted by Crippen LogP contribution is 2.21. The van der Waals surface area contributed by atoms with Crippen molar-refractivity contribution in [2.75, 3.05) is 0 Å². The molecule has 1 aliphatic carbocycles. The molecule has 1 saturated carbocycles. The number of aliphatic hydroxyl groups is 1. The van der Waals surface area contributed by atoms with Crippen LogP contribution in [0.3, 0.4) is 0 Å². The molecule has 0 heterocycles. The van der Waals surface area contributed by atoms with Crippen molar-refractivity contribution in [2.24, 2.45) is 11.5 Å². The summed E-state index contributed by atoms with van der Waals surface area (Å²) in [6, 6.07) is -0.216. The summed E-state index contributed by atoms with van der Waals surface area (Å²) in [6.45, 7) is 0. The van der Waals surface area contributed by atoms with E-state index in [4.69, 9.17) is 11.5 Å². The van der Waals surface area contributed by atoms with Crippen molar-refractivity contribution >= 4 is 0 Å². The summed E-state index contributed by atoms with van der Waals surface area (Å²) in [5, 5.41) is 9.30. The lowest BCUT2D eigenvalue weighted by Gasteiger charge is -2.33. The van der Waals surface area contributed by atoms with Crippen LogP contribution in [-0.4, -0.2) is 16.9 Å². The van der Waals surface area contributed by atoms with Crippen LogP contribution in [0.5, 0.6) is 0 Å². The monoisotopic (exact) mass is 130 g/mol. The van der Waals surface area contributed by atoms with Crippen molar-refractivity contribution in [1.29, 1.82) is 0 Å². The van der Waals surface area contributed by atoms with E-state index >= 15 is 0 Å². The van der Waals surface area contributed by atoms with Gasteiger partial charge in [-0.3, -0.25) is 0 Å². The summed E-state index contributed by atoms with van der Waals surface area (Å²) in [5.74, 6) is 0. The average Bonchev–Trinajstić information content (AvgIpc) is 1.77. The van der Waals surface area contributed by atoms with E-state index in [1.807, 2.05) is 0 Å². The van der Waals surface area contributed by atoms with E-state index in [0.29, 0.717) is 6.42 Å². The molecule has 2 atom stereocenters. The van der Waals surface area contributed by atoms with Gasteiger partial charge in [0, 0.05) is 6.04 Å². The average molecular weight is 130 g/mol. The normalized spacial score (nSPS) is 45.0. The van der Waals surface area contributed by atoms with Crippen LogP contribution < -0.4 is 11.5 Å². The van der Waals surface area contributed by atoms with Crippen molar-refractivity contribution in [3.63, 3.8) is 0 Å². The maximum Gasteiger partial charge on any atom is 0.128 e. The summed E-state index contributed by atoms with van der Waals surface area (Å²) in [4.78, 5) is 0. The Balaban J connectivity index is 2.49. The first-order valence-corrected chi connectivity index (χ1v) is 3.40. The summed E-state index contributed by atoms with van der Waals surface area (Å²) in [7, 11) is 0. The SMILES string of the molecule is NC1CCCCC1(N)O. The number of nitrogens with two attached hydrogens (primary N) is 2. The Labute approximate surface area is 55.0 Å². The first-order valence-electron chi connectivity index (χ1n) is 3.40. The molecule has 9 heavy (non-hydrogen) atoms. The van der Waals surface area contributed by atoms with Gasteiger partial charge in [0.05, 0.1) is 0 Å². The molecule has 0 amide bonds. The molecule has 0 saturated heterocycles. The molecule has 5 N–H and O–H groups in total. The van der Waals surface area contributed by atoms with Gasteiger partial charge in [0.25, 0.3) is 0 Å². The molecule has 0 bridgehead atoms. The molecule has 3 nitrogen and oxygen atoms in total. The number of hydrogen-bond acceptors (Lipinski definition) is 3. The van der Waals surface area contributed by atoms with E-state index in [1.165, 1.54) is 0 Å². The molecule has 54 valence electrons. The molecule has 0 aromatic heterocycles. The largest absolute Gasteiger partial charge is 0.374 e. The summed E-state index contributed by atoms with van der Waals surface area (Å²) in [6.07, 6.45) is 3.60. The Morgan fingerprint density at radius 3 is 2.44 bits per heavy atom. The van der Waals surface area contributed by atoms with E-state index in [-0.39, 0.29) is 6.04 Å². The lowest BCUT2D eigenvalue weighted by atomic mass is 9.88. The third-order valence-electron chi connectivity index (χ3n) is 1.98. The van der Waals surface area contributed by atoms with Crippen LogP contribution in [0.2, 0.25) is 0 Å². The van der Waals surface area contributed by atoms with Crippen LogP contribution in [0, 0.1) is 0 Å². The van der Waals surface area contributed by atoms with Crippen LogP contribution in [0.4, 0.5) is 0 Å². The zero-order chi connectivity index (χ0) is 6.91.